The van der Waals surface area contributed by atoms with Crippen molar-refractivity contribution in [3.63, 3.8) is 0 Å². The maximum absolute atomic E-state index is 12.1. The molecule has 0 unspecified atom stereocenters. The number of ether oxygens (including phenoxy) is 1. The van der Waals surface area contributed by atoms with Crippen LogP contribution in [0.5, 0.6) is 5.75 Å². The summed E-state index contributed by atoms with van der Waals surface area (Å²) < 4.78 is 5.50. The highest BCUT2D eigenvalue weighted by Crippen LogP contribution is 2.16. The second-order valence-corrected chi connectivity index (χ2v) is 6.07. The SMILES string of the molecule is CCCCC(=O)Nc1cccc(NC(=O)COc2ccc(CC)cc2)c1. The van der Waals surface area contributed by atoms with Crippen LogP contribution >= 0.6 is 0 Å². The molecule has 26 heavy (non-hydrogen) atoms. The zero-order valence-corrected chi connectivity index (χ0v) is 15.4. The van der Waals surface area contributed by atoms with E-state index in [1.165, 1.54) is 5.56 Å². The van der Waals surface area contributed by atoms with E-state index in [9.17, 15) is 9.59 Å². The Morgan fingerprint density at radius 1 is 0.923 bits per heavy atom. The molecule has 5 heteroatoms. The summed E-state index contributed by atoms with van der Waals surface area (Å²) in [6.07, 6.45) is 3.30. The summed E-state index contributed by atoms with van der Waals surface area (Å²) in [5.74, 6) is 0.391. The van der Waals surface area contributed by atoms with E-state index < -0.39 is 0 Å². The van der Waals surface area contributed by atoms with Crippen LogP contribution in [0.4, 0.5) is 11.4 Å². The number of nitrogens with one attached hydrogen (secondary N) is 2. The van der Waals surface area contributed by atoms with Gasteiger partial charge in [-0.25, -0.2) is 0 Å². The van der Waals surface area contributed by atoms with E-state index in [4.69, 9.17) is 4.74 Å². The third kappa shape index (κ3) is 6.59. The lowest BCUT2D eigenvalue weighted by Gasteiger charge is -2.10. The minimum absolute atomic E-state index is 0.0193. The number of hydrogen-bond acceptors (Lipinski definition) is 3. The van der Waals surface area contributed by atoms with Gasteiger partial charge in [-0.15, -0.1) is 0 Å². The van der Waals surface area contributed by atoms with Crippen molar-refractivity contribution in [1.82, 2.24) is 0 Å². The number of anilines is 2. The summed E-state index contributed by atoms with van der Waals surface area (Å²) in [6, 6.07) is 14.8. The van der Waals surface area contributed by atoms with E-state index >= 15 is 0 Å². The van der Waals surface area contributed by atoms with E-state index in [0.29, 0.717) is 23.5 Å². The van der Waals surface area contributed by atoms with Crippen molar-refractivity contribution in [2.24, 2.45) is 0 Å². The molecule has 0 aliphatic rings. The Bertz CT molecular complexity index is 726. The molecule has 5 nitrogen and oxygen atoms in total. The van der Waals surface area contributed by atoms with Crippen LogP contribution in [0.25, 0.3) is 0 Å². The molecule has 0 radical (unpaired) electrons. The molecule has 2 rings (SSSR count). The van der Waals surface area contributed by atoms with Crippen molar-refractivity contribution in [2.45, 2.75) is 39.5 Å². The van der Waals surface area contributed by atoms with Gasteiger partial charge < -0.3 is 15.4 Å². The number of benzene rings is 2. The normalized spacial score (nSPS) is 10.2. The van der Waals surface area contributed by atoms with Crippen LogP contribution in [0.3, 0.4) is 0 Å². The van der Waals surface area contributed by atoms with Crippen molar-refractivity contribution in [3.8, 4) is 5.75 Å². The average molecular weight is 354 g/mol. The summed E-state index contributed by atoms with van der Waals surface area (Å²) >= 11 is 0. The maximum Gasteiger partial charge on any atom is 0.262 e. The van der Waals surface area contributed by atoms with Crippen molar-refractivity contribution in [1.29, 1.82) is 0 Å². The van der Waals surface area contributed by atoms with Crippen LogP contribution in [-0.2, 0) is 16.0 Å². The molecule has 0 bridgehead atoms. The molecule has 0 fully saturated rings. The third-order valence-corrected chi connectivity index (χ3v) is 3.89. The lowest BCUT2D eigenvalue weighted by molar-refractivity contribution is -0.118. The standard InChI is InChI=1S/C21H26N2O3/c1-3-5-9-20(24)22-17-7-6-8-18(14-17)23-21(25)15-26-19-12-10-16(4-2)11-13-19/h6-8,10-14H,3-5,9,15H2,1-2H3,(H,22,24)(H,23,25). The molecule has 0 aromatic heterocycles. The maximum atomic E-state index is 12.1. The zero-order valence-electron chi connectivity index (χ0n) is 15.4. The van der Waals surface area contributed by atoms with E-state index in [-0.39, 0.29) is 18.4 Å². The largest absolute Gasteiger partial charge is 0.484 e. The van der Waals surface area contributed by atoms with Gasteiger partial charge in [0.05, 0.1) is 0 Å². The van der Waals surface area contributed by atoms with Crippen molar-refractivity contribution < 1.29 is 14.3 Å². The summed E-state index contributed by atoms with van der Waals surface area (Å²) in [5.41, 5.74) is 2.51. The minimum Gasteiger partial charge on any atom is -0.484 e. The van der Waals surface area contributed by atoms with E-state index in [2.05, 4.69) is 17.6 Å². The topological polar surface area (TPSA) is 67.4 Å². The fourth-order valence-electron chi connectivity index (χ4n) is 2.40. The van der Waals surface area contributed by atoms with E-state index in [1.807, 2.05) is 31.2 Å². The van der Waals surface area contributed by atoms with Gasteiger partial charge in [-0.1, -0.05) is 38.5 Å². The number of carbonyl (C=O) groups excluding carboxylic acids is 2. The molecule has 2 aromatic rings. The van der Waals surface area contributed by atoms with Gasteiger partial charge in [0.15, 0.2) is 6.61 Å². The van der Waals surface area contributed by atoms with Gasteiger partial charge in [0.1, 0.15) is 5.75 Å². The van der Waals surface area contributed by atoms with Crippen molar-refractivity contribution in [2.75, 3.05) is 17.2 Å². The Balaban J connectivity index is 1.84. The van der Waals surface area contributed by atoms with Gasteiger partial charge in [0, 0.05) is 17.8 Å². The molecule has 138 valence electrons. The first-order valence-electron chi connectivity index (χ1n) is 9.02. The van der Waals surface area contributed by atoms with Crippen LogP contribution in [0, 0.1) is 0 Å². The summed E-state index contributed by atoms with van der Waals surface area (Å²) in [6.45, 7) is 4.06. The Kier molecular flexibility index (Phi) is 7.68. The first-order valence-corrected chi connectivity index (χ1v) is 9.02. The Hall–Kier alpha value is -2.82. The fraction of sp³-hybridized carbons (Fsp3) is 0.333. The van der Waals surface area contributed by atoms with Crippen LogP contribution in [0.2, 0.25) is 0 Å². The molecule has 0 spiro atoms. The second kappa shape index (κ2) is 10.2. The number of carbonyl (C=O) groups is 2. The summed E-state index contributed by atoms with van der Waals surface area (Å²) in [7, 11) is 0. The van der Waals surface area contributed by atoms with Crippen molar-refractivity contribution >= 4 is 23.2 Å². The van der Waals surface area contributed by atoms with Gasteiger partial charge >= 0.3 is 0 Å². The van der Waals surface area contributed by atoms with Gasteiger partial charge in [-0.2, -0.15) is 0 Å². The molecule has 0 aliphatic carbocycles. The van der Waals surface area contributed by atoms with Gasteiger partial charge in [-0.3, -0.25) is 9.59 Å². The molecule has 0 heterocycles. The predicted octanol–water partition coefficient (Wildman–Crippen LogP) is 4.40. The lowest BCUT2D eigenvalue weighted by Crippen LogP contribution is -2.20. The smallest absolute Gasteiger partial charge is 0.262 e. The number of hydrogen-bond donors (Lipinski definition) is 2. The Morgan fingerprint density at radius 2 is 1.58 bits per heavy atom. The molecular formula is C21H26N2O3. The van der Waals surface area contributed by atoms with Crippen LogP contribution in [-0.4, -0.2) is 18.4 Å². The van der Waals surface area contributed by atoms with Gasteiger partial charge in [-0.05, 0) is 48.7 Å². The van der Waals surface area contributed by atoms with Gasteiger partial charge in [0.25, 0.3) is 5.91 Å². The zero-order chi connectivity index (χ0) is 18.8. The highest BCUT2D eigenvalue weighted by molar-refractivity contribution is 5.94. The monoisotopic (exact) mass is 354 g/mol. The highest BCUT2D eigenvalue weighted by Gasteiger charge is 2.06. The molecule has 0 aliphatic heterocycles. The molecular weight excluding hydrogens is 328 g/mol. The van der Waals surface area contributed by atoms with Crippen LogP contribution in [0.1, 0.15) is 38.7 Å². The molecule has 0 atom stereocenters. The van der Waals surface area contributed by atoms with Crippen molar-refractivity contribution in [3.05, 3.63) is 54.1 Å². The molecule has 0 saturated heterocycles. The number of amides is 2. The Labute approximate surface area is 154 Å². The first-order chi connectivity index (χ1) is 12.6. The summed E-state index contributed by atoms with van der Waals surface area (Å²) in [4.78, 5) is 23.9. The third-order valence-electron chi connectivity index (χ3n) is 3.89. The average Bonchev–Trinajstić information content (AvgIpc) is 2.65. The van der Waals surface area contributed by atoms with Gasteiger partial charge in [0.2, 0.25) is 5.91 Å². The molecule has 2 aromatic carbocycles. The number of unbranched alkanes of at least 4 members (excludes halogenated alkanes) is 1. The fourth-order valence-corrected chi connectivity index (χ4v) is 2.40. The molecule has 2 amide bonds. The predicted molar refractivity (Wildman–Crippen MR) is 105 cm³/mol. The van der Waals surface area contributed by atoms with Crippen LogP contribution in [0.15, 0.2) is 48.5 Å². The summed E-state index contributed by atoms with van der Waals surface area (Å²) in [5, 5.41) is 5.61. The quantitative estimate of drug-likeness (QED) is 0.701. The van der Waals surface area contributed by atoms with E-state index in [1.54, 1.807) is 24.3 Å². The lowest BCUT2D eigenvalue weighted by atomic mass is 10.2. The second-order valence-electron chi connectivity index (χ2n) is 6.07. The van der Waals surface area contributed by atoms with Crippen LogP contribution < -0.4 is 15.4 Å². The highest BCUT2D eigenvalue weighted by atomic mass is 16.5. The Morgan fingerprint density at radius 3 is 2.19 bits per heavy atom. The minimum atomic E-state index is -0.251. The number of rotatable bonds is 9. The molecule has 0 saturated carbocycles. The first kappa shape index (κ1) is 19.5. The van der Waals surface area contributed by atoms with E-state index in [0.717, 1.165) is 19.3 Å². The number of aryl methyl sites for hydroxylation is 1. The molecule has 2 N–H and O–H groups in total.